The predicted molar refractivity (Wildman–Crippen MR) is 128 cm³/mol. The second-order valence-electron chi connectivity index (χ2n) is 7.76. The highest BCUT2D eigenvalue weighted by atomic mass is 32.1. The van der Waals surface area contributed by atoms with Gasteiger partial charge in [0.2, 0.25) is 5.91 Å². The maximum Gasteiger partial charge on any atom is 0.285 e. The number of nitrogens with zero attached hydrogens (tertiary/aromatic N) is 2. The number of carbonyl (C=O) groups is 2. The molecule has 2 heterocycles. The highest BCUT2D eigenvalue weighted by molar-refractivity contribution is 7.17. The smallest absolute Gasteiger partial charge is 0.285 e. The van der Waals surface area contributed by atoms with E-state index in [1.165, 1.54) is 11.3 Å². The van der Waals surface area contributed by atoms with Gasteiger partial charge in [-0.2, -0.15) is 0 Å². The molecule has 1 aromatic carbocycles. The number of nitro groups is 1. The van der Waals surface area contributed by atoms with Gasteiger partial charge in [0.15, 0.2) is 0 Å². The highest BCUT2D eigenvalue weighted by Crippen LogP contribution is 2.38. The van der Waals surface area contributed by atoms with Crippen LogP contribution in [0.4, 0.5) is 16.4 Å². The molecular weight excluding hydrogens is 460 g/mol. The van der Waals surface area contributed by atoms with Crippen molar-refractivity contribution in [1.29, 1.82) is 0 Å². The number of benzene rings is 1. The number of amides is 2. The summed E-state index contributed by atoms with van der Waals surface area (Å²) < 4.78 is 6.11. The molecule has 176 valence electrons. The van der Waals surface area contributed by atoms with Crippen LogP contribution in [0.25, 0.3) is 0 Å². The molecule has 0 saturated carbocycles. The van der Waals surface area contributed by atoms with Gasteiger partial charge in [-0.25, -0.2) is 0 Å². The number of methoxy groups -OCH3 is 1. The number of rotatable bonds is 7. The molecule has 1 aliphatic rings. The van der Waals surface area contributed by atoms with Crippen LogP contribution in [0.15, 0.2) is 47.4 Å². The van der Waals surface area contributed by atoms with Crippen molar-refractivity contribution in [3.63, 3.8) is 0 Å². The SMILES string of the molecule is COc1ccc(NC(=O)c2c(NC(=O)Cn3cc([N+](=O)[O-])ccc3=O)sc3c2CCCC3)cc1. The number of ether oxygens (including phenoxy) is 1. The van der Waals surface area contributed by atoms with Gasteiger partial charge < -0.3 is 15.4 Å². The Balaban J connectivity index is 1.58. The average molecular weight is 483 g/mol. The average Bonchev–Trinajstić information content (AvgIpc) is 3.18. The number of aromatic nitrogens is 1. The summed E-state index contributed by atoms with van der Waals surface area (Å²) in [4.78, 5) is 49.4. The molecule has 3 aromatic rings. The number of hydrogen-bond acceptors (Lipinski definition) is 7. The minimum Gasteiger partial charge on any atom is -0.497 e. The summed E-state index contributed by atoms with van der Waals surface area (Å²) in [6, 6.07) is 9.05. The van der Waals surface area contributed by atoms with Crippen molar-refractivity contribution in [2.75, 3.05) is 17.7 Å². The molecule has 10 nitrogen and oxygen atoms in total. The van der Waals surface area contributed by atoms with E-state index in [9.17, 15) is 24.5 Å². The first-order chi connectivity index (χ1) is 16.4. The van der Waals surface area contributed by atoms with Gasteiger partial charge in [-0.05, 0) is 55.5 Å². The van der Waals surface area contributed by atoms with Gasteiger partial charge >= 0.3 is 0 Å². The maximum absolute atomic E-state index is 13.2. The van der Waals surface area contributed by atoms with Crippen LogP contribution in [-0.4, -0.2) is 28.4 Å². The minimum atomic E-state index is -0.636. The van der Waals surface area contributed by atoms with E-state index in [0.717, 1.165) is 59.0 Å². The molecule has 2 amide bonds. The van der Waals surface area contributed by atoms with Crippen LogP contribution >= 0.6 is 11.3 Å². The van der Waals surface area contributed by atoms with Crippen molar-refractivity contribution in [3.05, 3.63) is 79.1 Å². The molecule has 4 rings (SSSR count). The van der Waals surface area contributed by atoms with Gasteiger partial charge in [-0.3, -0.25) is 29.1 Å². The molecule has 0 unspecified atom stereocenters. The van der Waals surface area contributed by atoms with Crippen LogP contribution in [-0.2, 0) is 24.2 Å². The Morgan fingerprint density at radius 2 is 1.85 bits per heavy atom. The van der Waals surface area contributed by atoms with Crippen molar-refractivity contribution < 1.29 is 19.2 Å². The van der Waals surface area contributed by atoms with Gasteiger partial charge in [-0.15, -0.1) is 11.3 Å². The van der Waals surface area contributed by atoms with Crippen LogP contribution in [0.1, 0.15) is 33.6 Å². The summed E-state index contributed by atoms with van der Waals surface area (Å²) in [5.41, 5.74) is 1.09. The Bertz CT molecular complexity index is 1310. The Kier molecular flexibility index (Phi) is 6.73. The van der Waals surface area contributed by atoms with E-state index in [2.05, 4.69) is 10.6 Å². The lowest BCUT2D eigenvalue weighted by Gasteiger charge is -2.13. The molecule has 0 bridgehead atoms. The molecule has 0 fully saturated rings. The second-order valence-corrected chi connectivity index (χ2v) is 8.86. The van der Waals surface area contributed by atoms with Gasteiger partial charge in [0.25, 0.3) is 17.2 Å². The number of carbonyl (C=O) groups excluding carboxylic acids is 2. The lowest BCUT2D eigenvalue weighted by atomic mass is 9.95. The number of anilines is 2. The first-order valence-electron chi connectivity index (χ1n) is 10.6. The Labute approximate surface area is 198 Å². The normalized spacial score (nSPS) is 12.5. The van der Waals surface area contributed by atoms with E-state index in [0.29, 0.717) is 22.0 Å². The lowest BCUT2D eigenvalue weighted by molar-refractivity contribution is -0.385. The monoisotopic (exact) mass is 482 g/mol. The number of thiophene rings is 1. The fourth-order valence-corrected chi connectivity index (χ4v) is 5.14. The van der Waals surface area contributed by atoms with E-state index in [-0.39, 0.29) is 11.6 Å². The zero-order valence-electron chi connectivity index (χ0n) is 18.3. The zero-order chi connectivity index (χ0) is 24.2. The molecule has 11 heteroatoms. The molecule has 0 saturated heterocycles. The molecule has 2 aromatic heterocycles. The third-order valence-electron chi connectivity index (χ3n) is 5.49. The molecule has 0 aliphatic heterocycles. The quantitative estimate of drug-likeness (QED) is 0.391. The van der Waals surface area contributed by atoms with E-state index in [1.54, 1.807) is 31.4 Å². The highest BCUT2D eigenvalue weighted by Gasteiger charge is 2.26. The first kappa shape index (κ1) is 23.2. The van der Waals surface area contributed by atoms with Crippen molar-refractivity contribution in [2.24, 2.45) is 0 Å². The van der Waals surface area contributed by atoms with E-state index >= 15 is 0 Å². The number of fused-ring (bicyclic) bond motifs is 1. The van der Waals surface area contributed by atoms with Crippen molar-refractivity contribution in [2.45, 2.75) is 32.2 Å². The Morgan fingerprint density at radius 3 is 2.56 bits per heavy atom. The van der Waals surface area contributed by atoms with Crippen molar-refractivity contribution in [3.8, 4) is 5.75 Å². The third-order valence-corrected chi connectivity index (χ3v) is 6.70. The van der Waals surface area contributed by atoms with Gasteiger partial charge in [0, 0.05) is 22.7 Å². The molecule has 0 atom stereocenters. The summed E-state index contributed by atoms with van der Waals surface area (Å²) in [5, 5.41) is 17.0. The van der Waals surface area contributed by atoms with Crippen LogP contribution in [0.5, 0.6) is 5.75 Å². The fraction of sp³-hybridized carbons (Fsp3) is 0.261. The van der Waals surface area contributed by atoms with Gasteiger partial charge in [-0.1, -0.05) is 0 Å². The second kappa shape index (κ2) is 9.87. The van der Waals surface area contributed by atoms with Crippen LogP contribution in [0, 0.1) is 10.1 Å². The number of pyridine rings is 1. The summed E-state index contributed by atoms with van der Waals surface area (Å²) in [5.74, 6) is -0.234. The number of nitrogens with one attached hydrogen (secondary N) is 2. The minimum absolute atomic E-state index is 0.293. The molecule has 1 aliphatic carbocycles. The molecule has 34 heavy (non-hydrogen) atoms. The molecule has 0 radical (unpaired) electrons. The summed E-state index contributed by atoms with van der Waals surface area (Å²) in [7, 11) is 1.56. The lowest BCUT2D eigenvalue weighted by Crippen LogP contribution is -2.27. The standard InChI is InChI=1S/C23H22N4O6S/c1-33-16-9-6-14(7-10-16)24-22(30)21-17-4-2-3-5-18(17)34-23(21)25-19(28)13-26-12-15(27(31)32)8-11-20(26)29/h6-12H,2-5,13H2,1H3,(H,24,30)(H,25,28). The largest absolute Gasteiger partial charge is 0.497 e. The Morgan fingerprint density at radius 1 is 1.12 bits per heavy atom. The maximum atomic E-state index is 13.2. The first-order valence-corrected chi connectivity index (χ1v) is 11.4. The van der Waals surface area contributed by atoms with Crippen molar-refractivity contribution in [1.82, 2.24) is 4.57 Å². The van der Waals surface area contributed by atoms with Gasteiger partial charge in [0.1, 0.15) is 17.3 Å². The van der Waals surface area contributed by atoms with Crippen LogP contribution < -0.4 is 20.9 Å². The molecule has 0 spiro atoms. The van der Waals surface area contributed by atoms with Crippen LogP contribution in [0.3, 0.4) is 0 Å². The van der Waals surface area contributed by atoms with Crippen molar-refractivity contribution >= 4 is 39.5 Å². The van der Waals surface area contributed by atoms with Crippen LogP contribution in [0.2, 0.25) is 0 Å². The zero-order valence-corrected chi connectivity index (χ0v) is 19.1. The van der Waals surface area contributed by atoms with E-state index in [1.807, 2.05) is 0 Å². The van der Waals surface area contributed by atoms with E-state index in [4.69, 9.17) is 4.74 Å². The number of aryl methyl sites for hydroxylation is 1. The Hall–Kier alpha value is -3.99. The van der Waals surface area contributed by atoms with Gasteiger partial charge in [0.05, 0.1) is 23.8 Å². The topological polar surface area (TPSA) is 133 Å². The fourth-order valence-electron chi connectivity index (χ4n) is 3.83. The third kappa shape index (κ3) is 4.99. The summed E-state index contributed by atoms with van der Waals surface area (Å²) in [6.07, 6.45) is 4.53. The summed E-state index contributed by atoms with van der Waals surface area (Å²) in [6.45, 7) is -0.414. The van der Waals surface area contributed by atoms with E-state index < -0.39 is 22.9 Å². The molecular formula is C23H22N4O6S. The predicted octanol–water partition coefficient (Wildman–Crippen LogP) is 3.60. The number of hydrogen-bond donors (Lipinski definition) is 2. The summed E-state index contributed by atoms with van der Waals surface area (Å²) >= 11 is 1.35. The molecule has 2 N–H and O–H groups in total.